The zero-order valence-corrected chi connectivity index (χ0v) is 15.0. The molecule has 0 unspecified atom stereocenters. The number of anilines is 1. The van der Waals surface area contributed by atoms with Gasteiger partial charge in [0.1, 0.15) is 0 Å². The van der Waals surface area contributed by atoms with E-state index < -0.39 is 0 Å². The van der Waals surface area contributed by atoms with E-state index in [-0.39, 0.29) is 11.8 Å². The topological polar surface area (TPSA) is 61.4 Å². The van der Waals surface area contributed by atoms with Crippen LogP contribution in [0.5, 0.6) is 0 Å². The van der Waals surface area contributed by atoms with E-state index in [1.165, 1.54) is 5.56 Å². The van der Waals surface area contributed by atoms with E-state index >= 15 is 0 Å². The normalized spacial score (nSPS) is 10.6. The van der Waals surface area contributed by atoms with Gasteiger partial charge < -0.3 is 15.5 Å². The molecule has 5 nitrogen and oxygen atoms in total. The predicted octanol–water partition coefficient (Wildman–Crippen LogP) is 2.79. The number of nitrogens with one attached hydrogen (secondary N) is 2. The molecule has 0 aromatic heterocycles. The number of carbonyl (C=O) groups excluding carboxylic acids is 2. The van der Waals surface area contributed by atoms with Gasteiger partial charge in [-0.2, -0.15) is 0 Å². The van der Waals surface area contributed by atoms with Crippen molar-refractivity contribution in [3.05, 3.63) is 65.2 Å². The van der Waals surface area contributed by atoms with E-state index in [1.807, 2.05) is 43.3 Å². The second-order valence-corrected chi connectivity index (χ2v) is 6.14. The zero-order valence-electron chi connectivity index (χ0n) is 15.0. The van der Waals surface area contributed by atoms with Crippen LogP contribution in [-0.4, -0.2) is 43.9 Å². The molecule has 0 saturated heterocycles. The van der Waals surface area contributed by atoms with Crippen molar-refractivity contribution in [2.75, 3.05) is 32.5 Å². The van der Waals surface area contributed by atoms with E-state index in [0.717, 1.165) is 18.7 Å². The standard InChI is InChI=1S/C20H25N3O2/c1-4-15-8-10-18(11-9-15)22-20(25)17-7-5-6-16(14-17)19(24)21-12-13-23(2)3/h5-11,14H,4,12-13H2,1-3H3,(H,21,24)(H,22,25). The second-order valence-electron chi connectivity index (χ2n) is 6.14. The summed E-state index contributed by atoms with van der Waals surface area (Å²) in [5, 5.41) is 5.70. The van der Waals surface area contributed by atoms with E-state index in [1.54, 1.807) is 24.3 Å². The Morgan fingerprint density at radius 2 is 1.60 bits per heavy atom. The number of nitrogens with zero attached hydrogens (tertiary/aromatic N) is 1. The predicted molar refractivity (Wildman–Crippen MR) is 101 cm³/mol. The summed E-state index contributed by atoms with van der Waals surface area (Å²) in [6.07, 6.45) is 0.958. The first kappa shape index (κ1) is 18.7. The number of aryl methyl sites for hydroxylation is 1. The summed E-state index contributed by atoms with van der Waals surface area (Å²) in [5.74, 6) is -0.406. The quantitative estimate of drug-likeness (QED) is 0.815. The van der Waals surface area contributed by atoms with Crippen LogP contribution < -0.4 is 10.6 Å². The zero-order chi connectivity index (χ0) is 18.2. The van der Waals surface area contributed by atoms with Crippen molar-refractivity contribution in [1.29, 1.82) is 0 Å². The Hall–Kier alpha value is -2.66. The second kappa shape index (κ2) is 8.99. The highest BCUT2D eigenvalue weighted by Crippen LogP contribution is 2.13. The van der Waals surface area contributed by atoms with Crippen molar-refractivity contribution in [1.82, 2.24) is 10.2 Å². The van der Waals surface area contributed by atoms with Crippen LogP contribution in [0.25, 0.3) is 0 Å². The maximum absolute atomic E-state index is 12.4. The molecule has 2 rings (SSSR count). The maximum Gasteiger partial charge on any atom is 0.255 e. The first-order valence-electron chi connectivity index (χ1n) is 8.43. The highest BCUT2D eigenvalue weighted by Gasteiger charge is 2.10. The molecular weight excluding hydrogens is 314 g/mol. The number of benzene rings is 2. The summed E-state index contributed by atoms with van der Waals surface area (Å²) < 4.78 is 0. The molecule has 0 aliphatic heterocycles. The Balaban J connectivity index is 2.01. The number of hydrogen-bond donors (Lipinski definition) is 2. The highest BCUT2D eigenvalue weighted by atomic mass is 16.2. The minimum atomic E-state index is -0.229. The molecular formula is C20H25N3O2. The van der Waals surface area contributed by atoms with Crippen LogP contribution in [0, 0.1) is 0 Å². The lowest BCUT2D eigenvalue weighted by Gasteiger charge is -2.11. The van der Waals surface area contributed by atoms with Crippen molar-refractivity contribution in [3.63, 3.8) is 0 Å². The molecule has 0 atom stereocenters. The Morgan fingerprint density at radius 1 is 0.960 bits per heavy atom. The van der Waals surface area contributed by atoms with Crippen LogP contribution in [0.3, 0.4) is 0 Å². The summed E-state index contributed by atoms with van der Waals surface area (Å²) in [6, 6.07) is 14.5. The summed E-state index contributed by atoms with van der Waals surface area (Å²) >= 11 is 0. The summed E-state index contributed by atoms with van der Waals surface area (Å²) in [6.45, 7) is 3.41. The third kappa shape index (κ3) is 5.72. The van der Waals surface area contributed by atoms with Gasteiger partial charge in [0.15, 0.2) is 0 Å². The molecule has 0 radical (unpaired) electrons. The van der Waals surface area contributed by atoms with Gasteiger partial charge in [-0.05, 0) is 56.4 Å². The highest BCUT2D eigenvalue weighted by molar-refractivity contribution is 6.06. The first-order chi connectivity index (χ1) is 12.0. The van der Waals surface area contributed by atoms with Gasteiger partial charge in [0, 0.05) is 29.9 Å². The summed E-state index contributed by atoms with van der Waals surface area (Å²) in [7, 11) is 3.90. The van der Waals surface area contributed by atoms with Crippen LogP contribution in [0.1, 0.15) is 33.2 Å². The molecule has 5 heteroatoms. The van der Waals surface area contributed by atoms with Gasteiger partial charge in [-0.25, -0.2) is 0 Å². The van der Waals surface area contributed by atoms with E-state index in [4.69, 9.17) is 0 Å². The maximum atomic E-state index is 12.4. The molecule has 0 heterocycles. The van der Waals surface area contributed by atoms with Gasteiger partial charge >= 0.3 is 0 Å². The van der Waals surface area contributed by atoms with Crippen LogP contribution >= 0.6 is 0 Å². The lowest BCUT2D eigenvalue weighted by atomic mass is 10.1. The van der Waals surface area contributed by atoms with Crippen molar-refractivity contribution < 1.29 is 9.59 Å². The minimum absolute atomic E-state index is 0.177. The Morgan fingerprint density at radius 3 is 2.20 bits per heavy atom. The molecule has 2 aromatic carbocycles. The average molecular weight is 339 g/mol. The number of amides is 2. The fraction of sp³-hybridized carbons (Fsp3) is 0.300. The molecule has 0 bridgehead atoms. The lowest BCUT2D eigenvalue weighted by Crippen LogP contribution is -2.31. The largest absolute Gasteiger partial charge is 0.351 e. The SMILES string of the molecule is CCc1ccc(NC(=O)c2cccc(C(=O)NCCN(C)C)c2)cc1. The van der Waals surface area contributed by atoms with E-state index in [9.17, 15) is 9.59 Å². The molecule has 0 spiro atoms. The van der Waals surface area contributed by atoms with Crippen molar-refractivity contribution in [3.8, 4) is 0 Å². The summed E-state index contributed by atoms with van der Waals surface area (Å²) in [4.78, 5) is 26.6. The van der Waals surface area contributed by atoms with Gasteiger partial charge in [0.25, 0.3) is 11.8 Å². The fourth-order valence-electron chi connectivity index (χ4n) is 2.32. The number of carbonyl (C=O) groups is 2. The van der Waals surface area contributed by atoms with Gasteiger partial charge in [-0.15, -0.1) is 0 Å². The van der Waals surface area contributed by atoms with Crippen LogP contribution in [-0.2, 0) is 6.42 Å². The third-order valence-corrected chi connectivity index (χ3v) is 3.85. The van der Waals surface area contributed by atoms with Crippen LogP contribution in [0.2, 0.25) is 0 Å². The van der Waals surface area contributed by atoms with E-state index in [0.29, 0.717) is 17.7 Å². The van der Waals surface area contributed by atoms with E-state index in [2.05, 4.69) is 17.6 Å². The molecule has 0 aliphatic carbocycles. The molecule has 2 N–H and O–H groups in total. The lowest BCUT2D eigenvalue weighted by molar-refractivity contribution is 0.0951. The average Bonchev–Trinajstić information content (AvgIpc) is 2.62. The molecule has 0 saturated carbocycles. The number of likely N-dealkylation sites (N-methyl/N-ethyl adjacent to an activating group) is 1. The van der Waals surface area contributed by atoms with Crippen molar-refractivity contribution >= 4 is 17.5 Å². The van der Waals surface area contributed by atoms with Gasteiger partial charge in [0.2, 0.25) is 0 Å². The van der Waals surface area contributed by atoms with Crippen molar-refractivity contribution in [2.45, 2.75) is 13.3 Å². The molecule has 25 heavy (non-hydrogen) atoms. The smallest absolute Gasteiger partial charge is 0.255 e. The Bertz CT molecular complexity index is 724. The molecule has 132 valence electrons. The molecule has 0 fully saturated rings. The monoisotopic (exact) mass is 339 g/mol. The Labute approximate surface area is 149 Å². The van der Waals surface area contributed by atoms with Gasteiger partial charge in [-0.3, -0.25) is 9.59 Å². The molecule has 2 aromatic rings. The third-order valence-electron chi connectivity index (χ3n) is 3.85. The van der Waals surface area contributed by atoms with Crippen LogP contribution in [0.4, 0.5) is 5.69 Å². The Kier molecular flexibility index (Phi) is 6.71. The minimum Gasteiger partial charge on any atom is -0.351 e. The molecule has 2 amide bonds. The van der Waals surface area contributed by atoms with Crippen LogP contribution in [0.15, 0.2) is 48.5 Å². The van der Waals surface area contributed by atoms with Gasteiger partial charge in [0.05, 0.1) is 0 Å². The summed E-state index contributed by atoms with van der Waals surface area (Å²) in [5.41, 5.74) is 2.89. The first-order valence-corrected chi connectivity index (χ1v) is 8.43. The van der Waals surface area contributed by atoms with Crippen molar-refractivity contribution in [2.24, 2.45) is 0 Å². The fourth-order valence-corrected chi connectivity index (χ4v) is 2.32. The van der Waals surface area contributed by atoms with Gasteiger partial charge in [-0.1, -0.05) is 25.1 Å². The number of rotatable bonds is 7. The number of hydrogen-bond acceptors (Lipinski definition) is 3. The molecule has 0 aliphatic rings.